The van der Waals surface area contributed by atoms with Gasteiger partial charge >= 0.3 is 6.03 Å². The zero-order valence-corrected chi connectivity index (χ0v) is 12.8. The van der Waals surface area contributed by atoms with E-state index in [0.29, 0.717) is 25.6 Å². The molecular weight excluding hydrogens is 285 g/mol. The Labute approximate surface area is 129 Å². The number of nitrogens with zero attached hydrogens (tertiary/aromatic N) is 1. The molecule has 6 heteroatoms. The van der Waals surface area contributed by atoms with Crippen molar-refractivity contribution in [2.45, 2.75) is 26.2 Å². The Bertz CT molecular complexity index is 528. The third-order valence-corrected chi connectivity index (χ3v) is 3.94. The van der Waals surface area contributed by atoms with Crippen LogP contribution in [-0.2, 0) is 4.79 Å². The van der Waals surface area contributed by atoms with Crippen LogP contribution in [-0.4, -0.2) is 36.5 Å². The molecule has 120 valence electrons. The molecule has 0 aromatic heterocycles. The standard InChI is InChI=1S/C16H22FN3O2/c1-12(21)18-9-6-13-7-10-20(11-8-13)16(22)19-15-5-3-2-4-14(15)17/h2-5,13H,6-11H2,1H3,(H,18,21)(H,19,22). The van der Waals surface area contributed by atoms with E-state index in [1.165, 1.54) is 13.0 Å². The van der Waals surface area contributed by atoms with Gasteiger partial charge in [-0.3, -0.25) is 4.79 Å². The smallest absolute Gasteiger partial charge is 0.321 e. The van der Waals surface area contributed by atoms with Gasteiger partial charge in [0, 0.05) is 26.6 Å². The maximum absolute atomic E-state index is 13.5. The summed E-state index contributed by atoms with van der Waals surface area (Å²) in [6, 6.07) is 5.89. The van der Waals surface area contributed by atoms with Crippen LogP contribution in [0.4, 0.5) is 14.9 Å². The molecule has 1 fully saturated rings. The van der Waals surface area contributed by atoms with Crippen LogP contribution in [0.3, 0.4) is 0 Å². The summed E-state index contributed by atoms with van der Waals surface area (Å²) in [5, 5.41) is 5.40. The van der Waals surface area contributed by atoms with Gasteiger partial charge in [0.15, 0.2) is 0 Å². The molecule has 0 unspecified atom stereocenters. The molecule has 0 atom stereocenters. The second-order valence-electron chi connectivity index (χ2n) is 5.61. The summed E-state index contributed by atoms with van der Waals surface area (Å²) >= 11 is 0. The van der Waals surface area contributed by atoms with E-state index in [4.69, 9.17) is 0 Å². The monoisotopic (exact) mass is 307 g/mol. The largest absolute Gasteiger partial charge is 0.356 e. The van der Waals surface area contributed by atoms with Crippen molar-refractivity contribution < 1.29 is 14.0 Å². The Hall–Kier alpha value is -2.11. The summed E-state index contributed by atoms with van der Waals surface area (Å²) in [6.07, 6.45) is 2.75. The first-order valence-corrected chi connectivity index (χ1v) is 7.61. The van der Waals surface area contributed by atoms with Crippen LogP contribution in [0.15, 0.2) is 24.3 Å². The van der Waals surface area contributed by atoms with Gasteiger partial charge in [0.05, 0.1) is 5.69 Å². The van der Waals surface area contributed by atoms with E-state index in [-0.39, 0.29) is 17.6 Å². The van der Waals surface area contributed by atoms with Crippen molar-refractivity contribution in [3.05, 3.63) is 30.1 Å². The Morgan fingerprint density at radius 2 is 1.95 bits per heavy atom. The molecule has 1 saturated heterocycles. The van der Waals surface area contributed by atoms with Gasteiger partial charge in [0.25, 0.3) is 0 Å². The number of halogens is 1. The third kappa shape index (κ3) is 4.72. The van der Waals surface area contributed by atoms with Gasteiger partial charge in [0.1, 0.15) is 5.82 Å². The lowest BCUT2D eigenvalue weighted by atomic mass is 9.94. The van der Waals surface area contributed by atoms with Crippen LogP contribution < -0.4 is 10.6 Å². The number of piperidine rings is 1. The number of hydrogen-bond donors (Lipinski definition) is 2. The van der Waals surface area contributed by atoms with E-state index < -0.39 is 5.82 Å². The highest BCUT2D eigenvalue weighted by molar-refractivity contribution is 5.89. The summed E-state index contributed by atoms with van der Waals surface area (Å²) < 4.78 is 13.5. The molecule has 22 heavy (non-hydrogen) atoms. The van der Waals surface area contributed by atoms with Gasteiger partial charge in [0.2, 0.25) is 5.91 Å². The van der Waals surface area contributed by atoms with Crippen LogP contribution in [0.1, 0.15) is 26.2 Å². The van der Waals surface area contributed by atoms with E-state index >= 15 is 0 Å². The van der Waals surface area contributed by atoms with E-state index in [0.717, 1.165) is 19.3 Å². The predicted molar refractivity (Wildman–Crippen MR) is 83.0 cm³/mol. The number of anilines is 1. The number of carbonyl (C=O) groups is 2. The fourth-order valence-corrected chi connectivity index (χ4v) is 2.63. The molecule has 0 saturated carbocycles. The summed E-state index contributed by atoms with van der Waals surface area (Å²) in [6.45, 7) is 3.51. The molecule has 3 amide bonds. The number of amides is 3. The number of rotatable bonds is 4. The van der Waals surface area contributed by atoms with E-state index in [1.54, 1.807) is 23.1 Å². The first kappa shape index (κ1) is 16.3. The summed E-state index contributed by atoms with van der Waals surface area (Å²) in [7, 11) is 0. The summed E-state index contributed by atoms with van der Waals surface area (Å²) in [5.41, 5.74) is 0.209. The van der Waals surface area contributed by atoms with Gasteiger partial charge < -0.3 is 15.5 Å². The maximum atomic E-state index is 13.5. The molecule has 2 rings (SSSR count). The average Bonchev–Trinajstić information content (AvgIpc) is 2.50. The Morgan fingerprint density at radius 3 is 2.59 bits per heavy atom. The minimum atomic E-state index is -0.430. The molecule has 1 heterocycles. The Kier molecular flexibility index (Phi) is 5.75. The van der Waals surface area contributed by atoms with Gasteiger partial charge in [-0.15, -0.1) is 0 Å². The van der Waals surface area contributed by atoms with Crippen LogP contribution in [0.5, 0.6) is 0 Å². The second-order valence-corrected chi connectivity index (χ2v) is 5.61. The number of nitrogens with one attached hydrogen (secondary N) is 2. The van der Waals surface area contributed by atoms with E-state index in [2.05, 4.69) is 10.6 Å². The molecule has 1 aromatic carbocycles. The normalized spacial score (nSPS) is 15.5. The van der Waals surface area contributed by atoms with Gasteiger partial charge in [-0.2, -0.15) is 0 Å². The van der Waals surface area contributed by atoms with Crippen molar-refractivity contribution in [2.24, 2.45) is 5.92 Å². The van der Waals surface area contributed by atoms with Crippen molar-refractivity contribution in [3.8, 4) is 0 Å². The lowest BCUT2D eigenvalue weighted by Crippen LogP contribution is -2.41. The van der Waals surface area contributed by atoms with E-state index in [9.17, 15) is 14.0 Å². The highest BCUT2D eigenvalue weighted by Gasteiger charge is 2.23. The van der Waals surface area contributed by atoms with Crippen LogP contribution in [0, 0.1) is 11.7 Å². The van der Waals surface area contributed by atoms with Gasteiger partial charge in [-0.25, -0.2) is 9.18 Å². The fraction of sp³-hybridized carbons (Fsp3) is 0.500. The topological polar surface area (TPSA) is 61.4 Å². The van der Waals surface area contributed by atoms with Gasteiger partial charge in [-0.1, -0.05) is 12.1 Å². The molecule has 0 bridgehead atoms. The molecule has 1 aliphatic rings. The first-order chi connectivity index (χ1) is 10.6. The number of para-hydroxylation sites is 1. The van der Waals surface area contributed by atoms with Crippen molar-refractivity contribution in [3.63, 3.8) is 0 Å². The predicted octanol–water partition coefficient (Wildman–Crippen LogP) is 2.60. The first-order valence-electron chi connectivity index (χ1n) is 7.61. The van der Waals surface area contributed by atoms with Crippen molar-refractivity contribution in [2.75, 3.05) is 25.0 Å². The van der Waals surface area contributed by atoms with Crippen molar-refractivity contribution >= 4 is 17.6 Å². The van der Waals surface area contributed by atoms with E-state index in [1.807, 2.05) is 0 Å². The average molecular weight is 307 g/mol. The minimum absolute atomic E-state index is 0.0123. The molecule has 0 spiro atoms. The number of hydrogen-bond acceptors (Lipinski definition) is 2. The summed E-state index contributed by atoms with van der Waals surface area (Å²) in [4.78, 5) is 24.7. The van der Waals surface area contributed by atoms with Crippen LogP contribution in [0.2, 0.25) is 0 Å². The quantitative estimate of drug-likeness (QED) is 0.898. The highest BCUT2D eigenvalue weighted by atomic mass is 19.1. The van der Waals surface area contributed by atoms with Crippen molar-refractivity contribution in [1.29, 1.82) is 0 Å². The number of benzene rings is 1. The molecule has 0 aliphatic carbocycles. The SMILES string of the molecule is CC(=O)NCCC1CCN(C(=O)Nc2ccccc2F)CC1. The summed E-state index contributed by atoms with van der Waals surface area (Å²) in [5.74, 6) is 0.0760. The molecule has 2 N–H and O–H groups in total. The van der Waals surface area contributed by atoms with Crippen LogP contribution >= 0.6 is 0 Å². The highest BCUT2D eigenvalue weighted by Crippen LogP contribution is 2.21. The number of likely N-dealkylation sites (tertiary alicyclic amines) is 1. The zero-order valence-electron chi connectivity index (χ0n) is 12.8. The Morgan fingerprint density at radius 1 is 1.27 bits per heavy atom. The molecule has 1 aromatic rings. The number of urea groups is 1. The number of carbonyl (C=O) groups excluding carboxylic acids is 2. The molecule has 1 aliphatic heterocycles. The third-order valence-electron chi connectivity index (χ3n) is 3.94. The molecule has 0 radical (unpaired) electrons. The zero-order chi connectivity index (χ0) is 15.9. The lowest BCUT2D eigenvalue weighted by molar-refractivity contribution is -0.119. The van der Waals surface area contributed by atoms with Crippen LogP contribution in [0.25, 0.3) is 0 Å². The minimum Gasteiger partial charge on any atom is -0.356 e. The molecular formula is C16H22FN3O2. The lowest BCUT2D eigenvalue weighted by Gasteiger charge is -2.32. The Balaban J connectivity index is 1.75. The van der Waals surface area contributed by atoms with Gasteiger partial charge in [-0.05, 0) is 37.3 Å². The van der Waals surface area contributed by atoms with Crippen molar-refractivity contribution in [1.82, 2.24) is 10.2 Å². The second kappa shape index (κ2) is 7.77. The maximum Gasteiger partial charge on any atom is 0.321 e. The molecule has 5 nitrogen and oxygen atoms in total. The fourth-order valence-electron chi connectivity index (χ4n) is 2.63.